The zero-order valence-corrected chi connectivity index (χ0v) is 18.0. The summed E-state index contributed by atoms with van der Waals surface area (Å²) in [5.74, 6) is 1.45. The molecule has 1 N–H and O–H groups in total. The maximum atomic E-state index is 13.3. The van der Waals surface area contributed by atoms with E-state index in [-0.39, 0.29) is 23.7 Å². The molecule has 30 heavy (non-hydrogen) atoms. The highest BCUT2D eigenvalue weighted by atomic mass is 32.1. The first-order chi connectivity index (χ1) is 14.6. The lowest BCUT2D eigenvalue weighted by Crippen LogP contribution is -2.33. The zero-order chi connectivity index (χ0) is 20.8. The fourth-order valence-electron chi connectivity index (χ4n) is 4.91. The molecule has 0 unspecified atom stereocenters. The minimum Gasteiger partial charge on any atom is -0.376 e. The molecule has 1 aliphatic heterocycles. The summed E-state index contributed by atoms with van der Waals surface area (Å²) in [6.45, 7) is 5.17. The van der Waals surface area contributed by atoms with Crippen LogP contribution < -0.4 is 5.32 Å². The first kappa shape index (κ1) is 19.6. The van der Waals surface area contributed by atoms with Gasteiger partial charge in [0.2, 0.25) is 0 Å². The number of fused-ring (bicyclic) bond motifs is 3. The first-order valence-corrected chi connectivity index (χ1v) is 11.4. The van der Waals surface area contributed by atoms with E-state index in [0.29, 0.717) is 41.1 Å². The van der Waals surface area contributed by atoms with Gasteiger partial charge in [-0.05, 0) is 49.5 Å². The molecule has 7 nitrogen and oxygen atoms in total. The Morgan fingerprint density at radius 2 is 2.00 bits per heavy atom. The van der Waals surface area contributed by atoms with Gasteiger partial charge in [-0.1, -0.05) is 19.0 Å². The van der Waals surface area contributed by atoms with Crippen LogP contribution >= 0.6 is 11.3 Å². The van der Waals surface area contributed by atoms with Crippen molar-refractivity contribution in [1.82, 2.24) is 10.1 Å². The van der Waals surface area contributed by atoms with Crippen molar-refractivity contribution in [2.24, 2.45) is 11.8 Å². The number of carbonyl (C=O) groups is 2. The summed E-state index contributed by atoms with van der Waals surface area (Å²) in [5.41, 5.74) is 3.28. The molecule has 8 heteroatoms. The zero-order valence-electron chi connectivity index (χ0n) is 17.2. The van der Waals surface area contributed by atoms with E-state index in [1.807, 2.05) is 13.8 Å². The molecular weight excluding hydrogens is 402 g/mol. The third-order valence-corrected chi connectivity index (χ3v) is 7.60. The molecule has 158 valence electrons. The van der Waals surface area contributed by atoms with Crippen molar-refractivity contribution in [3.8, 4) is 11.5 Å². The van der Waals surface area contributed by atoms with Gasteiger partial charge < -0.3 is 14.6 Å². The van der Waals surface area contributed by atoms with Crippen LogP contribution in [0, 0.1) is 11.8 Å². The first-order valence-electron chi connectivity index (χ1n) is 10.6. The lowest BCUT2D eigenvalue weighted by molar-refractivity contribution is -0.114. The molecule has 1 fully saturated rings. The molecule has 0 spiro atoms. The second-order valence-electron chi connectivity index (χ2n) is 8.61. The average molecular weight is 428 g/mol. The van der Waals surface area contributed by atoms with E-state index >= 15 is 0 Å². The third kappa shape index (κ3) is 3.22. The number of hydrogen-bond donors (Lipinski definition) is 1. The fraction of sp³-hybridized carbons (Fsp3) is 0.545. The number of nitrogens with zero attached hydrogens (tertiary/aromatic N) is 2. The van der Waals surface area contributed by atoms with Crippen LogP contribution in [-0.2, 0) is 27.4 Å². The molecule has 0 radical (unpaired) electrons. The second kappa shape index (κ2) is 7.74. The lowest BCUT2D eigenvalue weighted by Gasteiger charge is -2.37. The number of anilines is 1. The molecule has 3 heterocycles. The van der Waals surface area contributed by atoms with Gasteiger partial charge in [-0.25, -0.2) is 0 Å². The molecule has 0 saturated heterocycles. The van der Waals surface area contributed by atoms with Crippen molar-refractivity contribution < 1.29 is 18.8 Å². The summed E-state index contributed by atoms with van der Waals surface area (Å²) < 4.78 is 11.2. The number of carbonyl (C=O) groups excluding carboxylic acids is 2. The van der Waals surface area contributed by atoms with Crippen molar-refractivity contribution in [1.29, 1.82) is 0 Å². The van der Waals surface area contributed by atoms with Gasteiger partial charge in [0.25, 0.3) is 11.8 Å². The minimum atomic E-state index is -0.170. The number of hydrogen-bond acceptors (Lipinski definition) is 7. The molecule has 3 aliphatic carbocycles. The van der Waals surface area contributed by atoms with E-state index in [0.717, 1.165) is 54.4 Å². The van der Waals surface area contributed by atoms with Crippen LogP contribution in [0.4, 0.5) is 5.00 Å². The number of aldehydes is 1. The molecule has 1 saturated carbocycles. The van der Waals surface area contributed by atoms with Gasteiger partial charge in [-0.15, -0.1) is 11.3 Å². The predicted octanol–water partition coefficient (Wildman–Crippen LogP) is 4.25. The Kier molecular flexibility index (Phi) is 5.06. The van der Waals surface area contributed by atoms with E-state index in [9.17, 15) is 9.59 Å². The van der Waals surface area contributed by atoms with Crippen LogP contribution in [0.2, 0.25) is 0 Å². The van der Waals surface area contributed by atoms with Gasteiger partial charge >= 0.3 is 0 Å². The quantitative estimate of drug-likeness (QED) is 0.717. The van der Waals surface area contributed by atoms with Crippen LogP contribution in [0.1, 0.15) is 61.7 Å². The van der Waals surface area contributed by atoms with Crippen LogP contribution in [-0.4, -0.2) is 28.9 Å². The Balaban J connectivity index is 1.54. The normalized spacial score (nSPS) is 23.0. The van der Waals surface area contributed by atoms with Crippen molar-refractivity contribution in [3.05, 3.63) is 27.4 Å². The van der Waals surface area contributed by atoms with Crippen molar-refractivity contribution in [3.63, 3.8) is 0 Å². The number of rotatable bonds is 5. The summed E-state index contributed by atoms with van der Waals surface area (Å²) >= 11 is 1.50. The molecule has 2 bridgehead atoms. The number of ether oxygens (including phenoxy) is 1. The standard InChI is InChI=1S/C22H25N3O4S/c1-11(2)19-23-21(29-25-19)18-14-7-8-28-10-16(14)30-22(18)24-20(27)17-13-5-3-12(4-6-13)15(17)9-26/h9,11-13H,3-8,10H2,1-2H3,(H,24,27). The number of thiophene rings is 1. The predicted molar refractivity (Wildman–Crippen MR) is 112 cm³/mol. The summed E-state index contributed by atoms with van der Waals surface area (Å²) in [5, 5.41) is 7.91. The van der Waals surface area contributed by atoms with Crippen molar-refractivity contribution in [2.45, 2.75) is 58.5 Å². The van der Waals surface area contributed by atoms with Crippen molar-refractivity contribution >= 4 is 28.5 Å². The summed E-state index contributed by atoms with van der Waals surface area (Å²) in [6, 6.07) is 0. The van der Waals surface area contributed by atoms with E-state index in [2.05, 4.69) is 15.5 Å². The van der Waals surface area contributed by atoms with E-state index in [4.69, 9.17) is 9.26 Å². The molecule has 0 atom stereocenters. The number of aromatic nitrogens is 2. The third-order valence-electron chi connectivity index (χ3n) is 6.48. The highest BCUT2D eigenvalue weighted by Crippen LogP contribution is 2.46. The van der Waals surface area contributed by atoms with Gasteiger partial charge in [0, 0.05) is 21.9 Å². The summed E-state index contributed by atoms with van der Waals surface area (Å²) in [7, 11) is 0. The molecular formula is C22H25N3O4S. The van der Waals surface area contributed by atoms with Gasteiger partial charge in [-0.3, -0.25) is 9.59 Å². The Bertz CT molecular complexity index is 1030. The monoisotopic (exact) mass is 427 g/mol. The van der Waals surface area contributed by atoms with Gasteiger partial charge in [-0.2, -0.15) is 4.98 Å². The lowest BCUT2D eigenvalue weighted by atomic mass is 9.67. The molecule has 0 aromatic carbocycles. The smallest absolute Gasteiger partial charge is 0.261 e. The Labute approximate surface area is 178 Å². The van der Waals surface area contributed by atoms with Crippen LogP contribution in [0.25, 0.3) is 11.5 Å². The molecule has 2 aromatic rings. The highest BCUT2D eigenvalue weighted by Gasteiger charge is 2.38. The molecule has 2 aromatic heterocycles. The Hall–Kier alpha value is -2.32. The molecule has 4 aliphatic rings. The number of amides is 1. The van der Waals surface area contributed by atoms with Crippen molar-refractivity contribution in [2.75, 3.05) is 11.9 Å². The average Bonchev–Trinajstić information content (AvgIpc) is 3.38. The summed E-state index contributed by atoms with van der Waals surface area (Å²) in [4.78, 5) is 30.7. The van der Waals surface area contributed by atoms with Crippen LogP contribution in [0.15, 0.2) is 15.7 Å². The Morgan fingerprint density at radius 3 is 2.70 bits per heavy atom. The van der Waals surface area contributed by atoms with E-state index in [1.54, 1.807) is 0 Å². The van der Waals surface area contributed by atoms with Crippen LogP contribution in [0.5, 0.6) is 0 Å². The SMILES string of the molecule is CC(C)c1noc(-c2c(NC(=O)C3=C(C=O)C4CCC3CC4)sc3c2CCOC3)n1. The number of allylic oxidation sites excluding steroid dienone is 1. The fourth-order valence-corrected chi connectivity index (χ4v) is 6.09. The molecule has 6 rings (SSSR count). The topological polar surface area (TPSA) is 94.3 Å². The largest absolute Gasteiger partial charge is 0.376 e. The van der Waals surface area contributed by atoms with Gasteiger partial charge in [0.1, 0.15) is 11.3 Å². The highest BCUT2D eigenvalue weighted by molar-refractivity contribution is 7.17. The molecule has 1 amide bonds. The summed E-state index contributed by atoms with van der Waals surface area (Å²) in [6.07, 6.45) is 5.60. The maximum absolute atomic E-state index is 13.3. The van der Waals surface area contributed by atoms with E-state index in [1.165, 1.54) is 11.3 Å². The van der Waals surface area contributed by atoms with Gasteiger partial charge in [0.15, 0.2) is 5.82 Å². The number of nitrogens with one attached hydrogen (secondary N) is 1. The van der Waals surface area contributed by atoms with Crippen LogP contribution in [0.3, 0.4) is 0 Å². The van der Waals surface area contributed by atoms with Gasteiger partial charge in [0.05, 0.1) is 18.8 Å². The maximum Gasteiger partial charge on any atom is 0.261 e. The van der Waals surface area contributed by atoms with E-state index < -0.39 is 0 Å². The second-order valence-corrected chi connectivity index (χ2v) is 9.72. The Morgan fingerprint density at radius 1 is 1.23 bits per heavy atom. The minimum absolute atomic E-state index is 0.149.